The second-order valence-electron chi connectivity index (χ2n) is 5.22. The van der Waals surface area contributed by atoms with Gasteiger partial charge in [-0.2, -0.15) is 0 Å². The first kappa shape index (κ1) is 10.4. The summed E-state index contributed by atoms with van der Waals surface area (Å²) in [5.41, 5.74) is 0. The Bertz CT molecular complexity index is 163. The molecule has 0 amide bonds. The van der Waals surface area contributed by atoms with Crippen molar-refractivity contribution in [3.05, 3.63) is 0 Å². The van der Waals surface area contributed by atoms with E-state index in [-0.39, 0.29) is 6.10 Å². The van der Waals surface area contributed by atoms with E-state index in [9.17, 15) is 5.11 Å². The molecule has 3 atom stereocenters. The molecule has 1 aliphatic heterocycles. The average molecular weight is 197 g/mol. The van der Waals surface area contributed by atoms with Gasteiger partial charge in [-0.05, 0) is 38.1 Å². The van der Waals surface area contributed by atoms with Crippen LogP contribution in [0.25, 0.3) is 0 Å². The molecule has 2 aliphatic rings. The number of likely N-dealkylation sites (tertiary alicyclic amines) is 1. The zero-order valence-electron chi connectivity index (χ0n) is 9.28. The Morgan fingerprint density at radius 2 is 2.00 bits per heavy atom. The molecular formula is C12H23NO. The van der Waals surface area contributed by atoms with Gasteiger partial charge in [-0.25, -0.2) is 0 Å². The van der Waals surface area contributed by atoms with Crippen molar-refractivity contribution in [3.8, 4) is 0 Å². The van der Waals surface area contributed by atoms with Crippen LogP contribution in [0.5, 0.6) is 0 Å². The van der Waals surface area contributed by atoms with Gasteiger partial charge >= 0.3 is 0 Å². The molecule has 0 aromatic rings. The number of β-amino-alcohol motifs (C(OH)–C–C–N with tert-alkyl or cyclic N) is 1. The first-order valence-corrected chi connectivity index (χ1v) is 6.18. The number of piperidine rings is 1. The maximum absolute atomic E-state index is 9.63. The van der Waals surface area contributed by atoms with E-state index in [1.807, 2.05) is 0 Å². The highest BCUT2D eigenvalue weighted by atomic mass is 16.3. The lowest BCUT2D eigenvalue weighted by Crippen LogP contribution is -2.46. The zero-order chi connectivity index (χ0) is 9.97. The van der Waals surface area contributed by atoms with E-state index in [1.165, 1.54) is 38.6 Å². The van der Waals surface area contributed by atoms with Crippen molar-refractivity contribution >= 4 is 0 Å². The minimum atomic E-state index is -0.0546. The van der Waals surface area contributed by atoms with Crippen LogP contribution in [0, 0.1) is 5.92 Å². The quantitative estimate of drug-likeness (QED) is 0.695. The van der Waals surface area contributed by atoms with Crippen molar-refractivity contribution in [2.24, 2.45) is 5.92 Å². The van der Waals surface area contributed by atoms with Crippen LogP contribution in [0.3, 0.4) is 0 Å². The molecule has 1 heterocycles. The molecule has 2 heteroatoms. The Kier molecular flexibility index (Phi) is 3.45. The summed E-state index contributed by atoms with van der Waals surface area (Å²) in [7, 11) is 0. The van der Waals surface area contributed by atoms with Crippen LogP contribution in [-0.4, -0.2) is 35.2 Å². The van der Waals surface area contributed by atoms with E-state index in [0.29, 0.717) is 0 Å². The smallest absolute Gasteiger partial charge is 0.0667 e. The van der Waals surface area contributed by atoms with Crippen LogP contribution >= 0.6 is 0 Å². The highest BCUT2D eigenvalue weighted by molar-refractivity contribution is 4.82. The molecule has 14 heavy (non-hydrogen) atoms. The van der Waals surface area contributed by atoms with E-state index >= 15 is 0 Å². The monoisotopic (exact) mass is 197 g/mol. The van der Waals surface area contributed by atoms with E-state index < -0.39 is 0 Å². The number of aliphatic hydroxyl groups excluding tert-OH is 1. The van der Waals surface area contributed by atoms with Gasteiger partial charge in [0.1, 0.15) is 0 Å². The van der Waals surface area contributed by atoms with Crippen LogP contribution < -0.4 is 0 Å². The maximum atomic E-state index is 9.63. The highest BCUT2D eigenvalue weighted by Crippen LogP contribution is 2.28. The fourth-order valence-corrected chi connectivity index (χ4v) is 3.05. The Morgan fingerprint density at radius 1 is 1.14 bits per heavy atom. The maximum Gasteiger partial charge on any atom is 0.0667 e. The molecule has 2 fully saturated rings. The van der Waals surface area contributed by atoms with Crippen molar-refractivity contribution in [2.75, 3.05) is 13.1 Å². The lowest BCUT2D eigenvalue weighted by molar-refractivity contribution is 0.0300. The Balaban J connectivity index is 1.86. The summed E-state index contributed by atoms with van der Waals surface area (Å²) in [5.74, 6) is 0.896. The van der Waals surface area contributed by atoms with Crippen LogP contribution in [0.2, 0.25) is 0 Å². The van der Waals surface area contributed by atoms with Gasteiger partial charge in [0, 0.05) is 12.6 Å². The third kappa shape index (κ3) is 2.48. The molecule has 0 aromatic carbocycles. The van der Waals surface area contributed by atoms with Gasteiger partial charge < -0.3 is 5.11 Å². The Hall–Kier alpha value is -0.0800. The zero-order valence-corrected chi connectivity index (χ0v) is 9.28. The lowest BCUT2D eigenvalue weighted by atomic mass is 9.85. The van der Waals surface area contributed by atoms with E-state index in [0.717, 1.165) is 24.9 Å². The lowest BCUT2D eigenvalue weighted by Gasteiger charge is -2.40. The topological polar surface area (TPSA) is 23.5 Å². The summed E-state index contributed by atoms with van der Waals surface area (Å²) in [6, 6.07) is 0.772. The van der Waals surface area contributed by atoms with Gasteiger partial charge in [-0.1, -0.05) is 19.8 Å². The Morgan fingerprint density at radius 3 is 2.71 bits per heavy atom. The van der Waals surface area contributed by atoms with Crippen LogP contribution in [0.15, 0.2) is 0 Å². The second-order valence-corrected chi connectivity index (χ2v) is 5.22. The van der Waals surface area contributed by atoms with Gasteiger partial charge in [-0.3, -0.25) is 4.90 Å². The molecule has 2 rings (SSSR count). The third-order valence-corrected chi connectivity index (χ3v) is 3.85. The fourth-order valence-electron chi connectivity index (χ4n) is 3.05. The van der Waals surface area contributed by atoms with Crippen LogP contribution in [0.4, 0.5) is 0 Å². The molecule has 1 saturated carbocycles. The summed E-state index contributed by atoms with van der Waals surface area (Å²) in [5, 5.41) is 9.63. The van der Waals surface area contributed by atoms with E-state index in [4.69, 9.17) is 0 Å². The van der Waals surface area contributed by atoms with Crippen molar-refractivity contribution < 1.29 is 5.11 Å². The molecule has 1 saturated heterocycles. The van der Waals surface area contributed by atoms with Crippen molar-refractivity contribution in [2.45, 2.75) is 57.6 Å². The van der Waals surface area contributed by atoms with Crippen molar-refractivity contribution in [3.63, 3.8) is 0 Å². The molecule has 2 nitrogen and oxygen atoms in total. The molecular weight excluding hydrogens is 174 g/mol. The SMILES string of the molecule is CC1CCCC(N2CCC[C@H](O)C2)C1. The minimum Gasteiger partial charge on any atom is -0.392 e. The number of hydrogen-bond donors (Lipinski definition) is 1. The molecule has 0 radical (unpaired) electrons. The first-order valence-electron chi connectivity index (χ1n) is 6.18. The molecule has 1 N–H and O–H groups in total. The van der Waals surface area contributed by atoms with Crippen molar-refractivity contribution in [1.29, 1.82) is 0 Å². The van der Waals surface area contributed by atoms with Gasteiger partial charge in [0.15, 0.2) is 0 Å². The standard InChI is InChI=1S/C12H23NO/c1-10-4-2-5-11(8-10)13-7-3-6-12(14)9-13/h10-12,14H,2-9H2,1H3/t10?,11?,12-/m0/s1. The summed E-state index contributed by atoms with van der Waals surface area (Å²) < 4.78 is 0. The number of nitrogens with zero attached hydrogens (tertiary/aromatic N) is 1. The summed E-state index contributed by atoms with van der Waals surface area (Å²) in [6.45, 7) is 4.51. The minimum absolute atomic E-state index is 0.0546. The molecule has 2 unspecified atom stereocenters. The number of hydrogen-bond acceptors (Lipinski definition) is 2. The normalized spacial score (nSPS) is 41.1. The molecule has 0 aromatic heterocycles. The van der Waals surface area contributed by atoms with Gasteiger partial charge in [0.25, 0.3) is 0 Å². The molecule has 82 valence electrons. The van der Waals surface area contributed by atoms with E-state index in [2.05, 4.69) is 11.8 Å². The third-order valence-electron chi connectivity index (χ3n) is 3.85. The summed E-state index contributed by atoms with van der Waals surface area (Å²) in [4.78, 5) is 2.53. The Labute approximate surface area is 87.3 Å². The van der Waals surface area contributed by atoms with Gasteiger partial charge in [-0.15, -0.1) is 0 Å². The van der Waals surface area contributed by atoms with Crippen molar-refractivity contribution in [1.82, 2.24) is 4.90 Å². The number of aliphatic hydroxyl groups is 1. The van der Waals surface area contributed by atoms with E-state index in [1.54, 1.807) is 0 Å². The number of rotatable bonds is 1. The average Bonchev–Trinajstić information content (AvgIpc) is 2.18. The fraction of sp³-hybridized carbons (Fsp3) is 1.00. The largest absolute Gasteiger partial charge is 0.392 e. The second kappa shape index (κ2) is 4.63. The molecule has 0 bridgehead atoms. The van der Waals surface area contributed by atoms with Crippen LogP contribution in [-0.2, 0) is 0 Å². The molecule has 0 spiro atoms. The highest BCUT2D eigenvalue weighted by Gasteiger charge is 2.27. The predicted octanol–water partition coefficient (Wildman–Crippen LogP) is 2.02. The van der Waals surface area contributed by atoms with Gasteiger partial charge in [0.2, 0.25) is 0 Å². The summed E-state index contributed by atoms with van der Waals surface area (Å²) >= 11 is 0. The van der Waals surface area contributed by atoms with Gasteiger partial charge in [0.05, 0.1) is 6.10 Å². The molecule has 1 aliphatic carbocycles. The predicted molar refractivity (Wildman–Crippen MR) is 58.2 cm³/mol. The van der Waals surface area contributed by atoms with Crippen LogP contribution in [0.1, 0.15) is 45.4 Å². The first-order chi connectivity index (χ1) is 6.75. The summed E-state index contributed by atoms with van der Waals surface area (Å²) in [6.07, 6.45) is 7.65.